The standard InChI is InChI=1S/C13H19N3O2/c1-10-11(3-2-4-13(10)16(17)18)9-15-12-5-7-14-8-6-12/h2-4,12,14-15H,5-9H2,1H3. The highest BCUT2D eigenvalue weighted by atomic mass is 16.6. The normalized spacial score (nSPS) is 16.7. The van der Waals surface area contributed by atoms with E-state index < -0.39 is 0 Å². The van der Waals surface area contributed by atoms with E-state index in [1.807, 2.05) is 13.0 Å². The molecule has 0 saturated carbocycles. The smallest absolute Gasteiger partial charge is 0.272 e. The number of piperidine rings is 1. The molecule has 1 aromatic carbocycles. The fourth-order valence-corrected chi connectivity index (χ4v) is 2.34. The largest absolute Gasteiger partial charge is 0.317 e. The van der Waals surface area contributed by atoms with E-state index in [4.69, 9.17) is 0 Å². The van der Waals surface area contributed by atoms with E-state index in [1.54, 1.807) is 12.1 Å². The van der Waals surface area contributed by atoms with Crippen LogP contribution in [0.4, 0.5) is 5.69 Å². The minimum absolute atomic E-state index is 0.208. The lowest BCUT2D eigenvalue weighted by Gasteiger charge is -2.24. The maximum Gasteiger partial charge on any atom is 0.272 e. The van der Waals surface area contributed by atoms with Gasteiger partial charge in [0.25, 0.3) is 5.69 Å². The number of hydrogen-bond acceptors (Lipinski definition) is 4. The molecule has 1 aromatic rings. The van der Waals surface area contributed by atoms with Gasteiger partial charge >= 0.3 is 0 Å². The number of nitrogens with zero attached hydrogens (tertiary/aromatic N) is 1. The van der Waals surface area contributed by atoms with Crippen LogP contribution in [0.5, 0.6) is 0 Å². The Morgan fingerprint density at radius 1 is 1.44 bits per heavy atom. The van der Waals surface area contributed by atoms with Crippen LogP contribution in [0.1, 0.15) is 24.0 Å². The quantitative estimate of drug-likeness (QED) is 0.630. The van der Waals surface area contributed by atoms with Crippen LogP contribution in [0.25, 0.3) is 0 Å². The van der Waals surface area contributed by atoms with Crippen molar-refractivity contribution in [3.8, 4) is 0 Å². The monoisotopic (exact) mass is 249 g/mol. The van der Waals surface area contributed by atoms with Gasteiger partial charge in [-0.15, -0.1) is 0 Å². The minimum Gasteiger partial charge on any atom is -0.317 e. The third-order valence-corrected chi connectivity index (χ3v) is 3.53. The van der Waals surface area contributed by atoms with Crippen LogP contribution in [-0.4, -0.2) is 24.1 Å². The maximum absolute atomic E-state index is 10.9. The summed E-state index contributed by atoms with van der Waals surface area (Å²) in [6.45, 7) is 4.62. The molecule has 1 saturated heterocycles. The topological polar surface area (TPSA) is 67.2 Å². The van der Waals surface area contributed by atoms with Gasteiger partial charge in [0, 0.05) is 24.2 Å². The Morgan fingerprint density at radius 2 is 2.17 bits per heavy atom. The third-order valence-electron chi connectivity index (χ3n) is 3.53. The summed E-state index contributed by atoms with van der Waals surface area (Å²) in [5, 5.41) is 17.7. The molecule has 0 aromatic heterocycles. The molecule has 0 aliphatic carbocycles. The molecule has 0 atom stereocenters. The fraction of sp³-hybridized carbons (Fsp3) is 0.538. The number of nitro benzene ring substituents is 1. The molecule has 0 spiro atoms. The van der Waals surface area contributed by atoms with Crippen molar-refractivity contribution < 1.29 is 4.92 Å². The van der Waals surface area contributed by atoms with Gasteiger partial charge in [0.1, 0.15) is 0 Å². The summed E-state index contributed by atoms with van der Waals surface area (Å²) < 4.78 is 0. The van der Waals surface area contributed by atoms with E-state index in [0.717, 1.165) is 37.1 Å². The minimum atomic E-state index is -0.316. The molecule has 2 rings (SSSR count). The second-order valence-electron chi connectivity index (χ2n) is 4.72. The van der Waals surface area contributed by atoms with Gasteiger partial charge in [-0.2, -0.15) is 0 Å². The van der Waals surface area contributed by atoms with Crippen LogP contribution in [0.2, 0.25) is 0 Å². The zero-order valence-electron chi connectivity index (χ0n) is 10.6. The van der Waals surface area contributed by atoms with Gasteiger partial charge in [-0.1, -0.05) is 12.1 Å². The van der Waals surface area contributed by atoms with Crippen LogP contribution in [0.15, 0.2) is 18.2 Å². The molecular weight excluding hydrogens is 230 g/mol. The molecule has 5 heteroatoms. The lowest BCUT2D eigenvalue weighted by molar-refractivity contribution is -0.385. The van der Waals surface area contributed by atoms with Gasteiger partial charge in [-0.3, -0.25) is 10.1 Å². The molecule has 1 aliphatic heterocycles. The average molecular weight is 249 g/mol. The lowest BCUT2D eigenvalue weighted by Crippen LogP contribution is -2.39. The molecule has 5 nitrogen and oxygen atoms in total. The van der Waals surface area contributed by atoms with Gasteiger partial charge in [0.2, 0.25) is 0 Å². The van der Waals surface area contributed by atoms with Crippen molar-refractivity contribution in [1.29, 1.82) is 0 Å². The van der Waals surface area contributed by atoms with Gasteiger partial charge in [-0.25, -0.2) is 0 Å². The summed E-state index contributed by atoms with van der Waals surface area (Å²) in [5.74, 6) is 0. The molecule has 1 aliphatic rings. The Morgan fingerprint density at radius 3 is 2.83 bits per heavy atom. The third kappa shape index (κ3) is 3.05. The summed E-state index contributed by atoms with van der Waals surface area (Å²) in [6.07, 6.45) is 2.24. The number of nitro groups is 1. The molecule has 1 heterocycles. The van der Waals surface area contributed by atoms with Gasteiger partial charge in [0.15, 0.2) is 0 Å². The molecule has 2 N–H and O–H groups in total. The number of rotatable bonds is 4. The van der Waals surface area contributed by atoms with Gasteiger partial charge < -0.3 is 10.6 Å². The maximum atomic E-state index is 10.9. The SMILES string of the molecule is Cc1c(CNC2CCNCC2)cccc1[N+](=O)[O-]. The second-order valence-corrected chi connectivity index (χ2v) is 4.72. The van der Waals surface area contributed by atoms with Crippen molar-refractivity contribution in [1.82, 2.24) is 10.6 Å². The Labute approximate surface area is 107 Å². The molecule has 0 radical (unpaired) electrons. The van der Waals surface area contributed by atoms with Crippen molar-refractivity contribution in [2.75, 3.05) is 13.1 Å². The molecule has 1 fully saturated rings. The zero-order chi connectivity index (χ0) is 13.0. The lowest BCUT2D eigenvalue weighted by atomic mass is 10.0. The molecule has 98 valence electrons. The van der Waals surface area contributed by atoms with Crippen LogP contribution in [0, 0.1) is 17.0 Å². The molecule has 0 amide bonds. The number of hydrogen-bond donors (Lipinski definition) is 2. The van der Waals surface area contributed by atoms with Gasteiger partial charge in [0.05, 0.1) is 4.92 Å². The highest BCUT2D eigenvalue weighted by molar-refractivity contribution is 5.44. The summed E-state index contributed by atoms with van der Waals surface area (Å²) in [5.41, 5.74) is 1.99. The average Bonchev–Trinajstić information content (AvgIpc) is 2.38. The summed E-state index contributed by atoms with van der Waals surface area (Å²) in [7, 11) is 0. The van der Waals surface area contributed by atoms with E-state index in [1.165, 1.54) is 0 Å². The van der Waals surface area contributed by atoms with Crippen molar-refractivity contribution >= 4 is 5.69 Å². The first-order chi connectivity index (χ1) is 8.68. The predicted octanol–water partition coefficient (Wildman–Crippen LogP) is 1.74. The number of nitrogens with one attached hydrogen (secondary N) is 2. The Hall–Kier alpha value is -1.46. The van der Waals surface area contributed by atoms with Crippen molar-refractivity contribution in [2.45, 2.75) is 32.4 Å². The first-order valence-electron chi connectivity index (χ1n) is 6.35. The van der Waals surface area contributed by atoms with Crippen LogP contribution in [-0.2, 0) is 6.54 Å². The van der Waals surface area contributed by atoms with Crippen molar-refractivity contribution in [2.24, 2.45) is 0 Å². The van der Waals surface area contributed by atoms with Crippen LogP contribution >= 0.6 is 0 Å². The highest BCUT2D eigenvalue weighted by Gasteiger charge is 2.15. The molecular formula is C13H19N3O2. The van der Waals surface area contributed by atoms with Crippen molar-refractivity contribution in [3.63, 3.8) is 0 Å². The first-order valence-corrected chi connectivity index (χ1v) is 6.35. The Kier molecular flexibility index (Phi) is 4.28. The van der Waals surface area contributed by atoms with E-state index >= 15 is 0 Å². The summed E-state index contributed by atoms with van der Waals surface area (Å²) >= 11 is 0. The van der Waals surface area contributed by atoms with E-state index in [2.05, 4.69) is 10.6 Å². The van der Waals surface area contributed by atoms with E-state index in [-0.39, 0.29) is 10.6 Å². The first kappa shape index (κ1) is 13.0. The summed E-state index contributed by atoms with van der Waals surface area (Å²) in [6, 6.07) is 5.79. The molecule has 0 unspecified atom stereocenters. The second kappa shape index (κ2) is 5.93. The number of benzene rings is 1. The Bertz CT molecular complexity index is 428. The van der Waals surface area contributed by atoms with Crippen molar-refractivity contribution in [3.05, 3.63) is 39.4 Å². The van der Waals surface area contributed by atoms with E-state index in [9.17, 15) is 10.1 Å². The van der Waals surface area contributed by atoms with Gasteiger partial charge in [-0.05, 0) is 38.4 Å². The van der Waals surface area contributed by atoms with Crippen LogP contribution < -0.4 is 10.6 Å². The highest BCUT2D eigenvalue weighted by Crippen LogP contribution is 2.21. The van der Waals surface area contributed by atoms with E-state index in [0.29, 0.717) is 12.6 Å². The molecule has 0 bridgehead atoms. The Balaban J connectivity index is 2.00. The summed E-state index contributed by atoms with van der Waals surface area (Å²) in [4.78, 5) is 10.5. The molecule has 18 heavy (non-hydrogen) atoms. The fourth-order valence-electron chi connectivity index (χ4n) is 2.34. The predicted molar refractivity (Wildman–Crippen MR) is 70.6 cm³/mol. The van der Waals surface area contributed by atoms with Crippen LogP contribution in [0.3, 0.4) is 0 Å². The zero-order valence-corrected chi connectivity index (χ0v) is 10.6.